The molecule has 2 aliphatic rings. The molecule has 0 saturated carbocycles. The number of para-hydroxylation sites is 2. The van der Waals surface area contributed by atoms with Crippen LogP contribution < -0.4 is 30.5 Å². The van der Waals surface area contributed by atoms with Gasteiger partial charge in [0.1, 0.15) is 16.1 Å². The Balaban J connectivity index is 1.11. The van der Waals surface area contributed by atoms with Crippen LogP contribution >= 0.6 is 0 Å². The first-order valence-electron chi connectivity index (χ1n) is 22.4. The normalized spacial score (nSPS) is 14.5. The molecule has 308 valence electrons. The minimum absolute atomic E-state index is 0.0951. The van der Waals surface area contributed by atoms with Crippen LogP contribution in [-0.4, -0.2) is 16.1 Å². The van der Waals surface area contributed by atoms with Crippen LogP contribution in [0.25, 0.3) is 33.0 Å². The highest BCUT2D eigenvalue weighted by molar-refractivity contribution is 7.05. The molecule has 0 amide bonds. The van der Waals surface area contributed by atoms with E-state index in [4.69, 9.17) is 0 Å². The Morgan fingerprint density at radius 2 is 0.613 bits per heavy atom. The number of hydrogen-bond donors (Lipinski definition) is 0. The van der Waals surface area contributed by atoms with Crippen molar-refractivity contribution >= 4 is 81.8 Å². The van der Waals surface area contributed by atoms with Gasteiger partial charge < -0.3 is 9.80 Å². The zero-order valence-corrected chi connectivity index (χ0v) is 40.1. The summed E-state index contributed by atoms with van der Waals surface area (Å²) in [6.07, 6.45) is 0. The van der Waals surface area contributed by atoms with E-state index in [-0.39, 0.29) is 10.8 Å². The topological polar surface area (TPSA) is 6.48 Å². The summed E-state index contributed by atoms with van der Waals surface area (Å²) in [4.78, 5) is 4.87. The van der Waals surface area contributed by atoms with Gasteiger partial charge in [-0.2, -0.15) is 0 Å². The predicted molar refractivity (Wildman–Crippen MR) is 275 cm³/mol. The Morgan fingerprint density at radius 1 is 0.306 bits per heavy atom. The van der Waals surface area contributed by atoms with E-state index in [1.54, 1.807) is 10.4 Å². The van der Waals surface area contributed by atoms with Gasteiger partial charge in [-0.1, -0.05) is 165 Å². The monoisotopic (exact) mass is 838 g/mol. The molecule has 0 N–H and O–H groups in total. The maximum atomic E-state index is 2.57. The van der Waals surface area contributed by atoms with Crippen LogP contribution in [0.3, 0.4) is 0 Å². The van der Waals surface area contributed by atoms with E-state index in [1.807, 2.05) is 0 Å². The molecule has 0 aliphatic carbocycles. The molecule has 2 nitrogen and oxygen atoms in total. The highest BCUT2D eigenvalue weighted by atomic mass is 28.3. The lowest BCUT2D eigenvalue weighted by atomic mass is 9.87. The van der Waals surface area contributed by atoms with Gasteiger partial charge in [0, 0.05) is 34.1 Å². The largest absolute Gasteiger partial charge is 0.311 e. The first-order valence-corrected chi connectivity index (χ1v) is 28.4. The van der Waals surface area contributed by atoms with Gasteiger partial charge in [0.25, 0.3) is 0 Å². The van der Waals surface area contributed by atoms with E-state index in [0.29, 0.717) is 0 Å². The maximum absolute atomic E-state index is 2.57. The predicted octanol–water partition coefficient (Wildman–Crippen LogP) is 14.0. The Labute approximate surface area is 371 Å². The molecule has 0 bridgehead atoms. The van der Waals surface area contributed by atoms with Crippen molar-refractivity contribution in [1.29, 1.82) is 0 Å². The van der Waals surface area contributed by atoms with Crippen LogP contribution in [0.15, 0.2) is 170 Å². The van der Waals surface area contributed by atoms with Crippen molar-refractivity contribution in [3.63, 3.8) is 0 Å². The molecule has 0 spiro atoms. The molecule has 8 aromatic carbocycles. The summed E-state index contributed by atoms with van der Waals surface area (Å²) in [6.45, 7) is 24.0. The molecule has 0 atom stereocenters. The lowest BCUT2D eigenvalue weighted by molar-refractivity contribution is 0.590. The average Bonchev–Trinajstić information content (AvgIpc) is 3.26. The van der Waals surface area contributed by atoms with E-state index in [1.165, 1.54) is 88.7 Å². The van der Waals surface area contributed by atoms with Gasteiger partial charge in [-0.05, 0) is 149 Å². The maximum Gasteiger partial charge on any atom is 0.113 e. The molecular weight excluding hydrogens is 781 g/mol. The molecule has 0 fully saturated rings. The minimum atomic E-state index is -2.18. The van der Waals surface area contributed by atoms with Crippen LogP contribution in [0.2, 0.25) is 26.2 Å². The fourth-order valence-corrected chi connectivity index (χ4v) is 16.5. The van der Waals surface area contributed by atoms with Crippen molar-refractivity contribution in [3.05, 3.63) is 181 Å². The quantitative estimate of drug-likeness (QED) is 0.154. The zero-order valence-electron chi connectivity index (χ0n) is 38.1. The van der Waals surface area contributed by atoms with E-state index in [0.717, 1.165) is 0 Å². The van der Waals surface area contributed by atoms with Crippen molar-refractivity contribution in [2.75, 3.05) is 9.80 Å². The summed E-state index contributed by atoms with van der Waals surface area (Å²) in [7, 11) is -4.36. The molecule has 0 radical (unpaired) electrons. The van der Waals surface area contributed by atoms with Crippen LogP contribution in [0, 0.1) is 0 Å². The SMILES string of the molecule is CC(C)(C)c1ccc(N(c2ccccc2)c2ccc3c(c2)[Si](C)(C)c2ccc4c5c(ccc-3c25)-c2ccc(N(c3ccccc3)c3ccc(C(C)(C)C)cc3)cc2[Si]4(C)C)cc1. The molecule has 2 aliphatic heterocycles. The molecular formula is C58H58N2Si2. The molecule has 0 aromatic heterocycles. The third-order valence-corrected chi connectivity index (χ3v) is 21.0. The smallest absolute Gasteiger partial charge is 0.113 e. The Morgan fingerprint density at radius 3 is 0.952 bits per heavy atom. The fraction of sp³-hybridized carbons (Fsp3) is 0.207. The van der Waals surface area contributed by atoms with E-state index in [2.05, 4.69) is 247 Å². The zero-order chi connectivity index (χ0) is 43.3. The number of nitrogens with zero attached hydrogens (tertiary/aromatic N) is 2. The van der Waals surface area contributed by atoms with Gasteiger partial charge in [-0.15, -0.1) is 0 Å². The van der Waals surface area contributed by atoms with Crippen molar-refractivity contribution in [2.24, 2.45) is 0 Å². The third kappa shape index (κ3) is 6.41. The van der Waals surface area contributed by atoms with Gasteiger partial charge in [0.15, 0.2) is 0 Å². The lowest BCUT2D eigenvalue weighted by Crippen LogP contribution is -2.59. The van der Waals surface area contributed by atoms with E-state index in [9.17, 15) is 0 Å². The number of rotatable bonds is 6. The van der Waals surface area contributed by atoms with Crippen molar-refractivity contribution in [2.45, 2.75) is 78.6 Å². The Hall–Kier alpha value is -5.95. The number of hydrogen-bond acceptors (Lipinski definition) is 2. The highest BCUT2D eigenvalue weighted by Crippen LogP contribution is 2.44. The van der Waals surface area contributed by atoms with E-state index >= 15 is 0 Å². The summed E-state index contributed by atoms with van der Waals surface area (Å²) in [5, 5.41) is 9.11. The van der Waals surface area contributed by atoms with Gasteiger partial charge in [-0.3, -0.25) is 0 Å². The van der Waals surface area contributed by atoms with Gasteiger partial charge in [0.05, 0.1) is 0 Å². The Bertz CT molecular complexity index is 2800. The summed E-state index contributed by atoms with van der Waals surface area (Å²) >= 11 is 0. The highest BCUT2D eigenvalue weighted by Gasteiger charge is 2.42. The summed E-state index contributed by atoms with van der Waals surface area (Å²) in [5.41, 5.74) is 15.6. The van der Waals surface area contributed by atoms with Crippen molar-refractivity contribution in [1.82, 2.24) is 0 Å². The Kier molecular flexibility index (Phi) is 9.26. The standard InChI is InChI=1S/C58H58N2Si2/c1-57(2,3)39-21-25-43(26-22-39)59(41-17-13-11-14-18-41)45-29-31-47-49-33-34-50-48-32-30-46(60(42-19-15-12-16-20-42)44-27-23-40(24-28-44)58(4,5)6)38-54(48)62(9,10)52-36-35-51(55(49)56(50)52)61(7,8)53(47)37-45/h11-38H,1-10H3. The second-order valence-electron chi connectivity index (χ2n) is 20.7. The van der Waals surface area contributed by atoms with Crippen LogP contribution in [0.5, 0.6) is 0 Å². The summed E-state index contributed by atoms with van der Waals surface area (Å²) < 4.78 is 0. The average molecular weight is 839 g/mol. The number of anilines is 6. The first kappa shape index (κ1) is 40.1. The molecule has 62 heavy (non-hydrogen) atoms. The molecule has 2 heterocycles. The molecule has 4 heteroatoms. The fourth-order valence-electron chi connectivity index (χ4n) is 10.4. The second-order valence-corrected chi connectivity index (χ2v) is 29.4. The number of benzene rings is 8. The van der Waals surface area contributed by atoms with Crippen molar-refractivity contribution in [3.8, 4) is 22.3 Å². The van der Waals surface area contributed by atoms with Gasteiger partial charge in [0.2, 0.25) is 0 Å². The van der Waals surface area contributed by atoms with Crippen LogP contribution in [-0.2, 0) is 10.8 Å². The molecule has 10 rings (SSSR count). The molecule has 8 aromatic rings. The van der Waals surface area contributed by atoms with Gasteiger partial charge >= 0.3 is 0 Å². The van der Waals surface area contributed by atoms with E-state index < -0.39 is 16.1 Å². The second kappa shape index (κ2) is 14.3. The van der Waals surface area contributed by atoms with Gasteiger partial charge in [-0.25, -0.2) is 0 Å². The van der Waals surface area contributed by atoms with Crippen LogP contribution in [0.4, 0.5) is 34.1 Å². The molecule has 0 unspecified atom stereocenters. The van der Waals surface area contributed by atoms with Crippen LogP contribution in [0.1, 0.15) is 52.7 Å². The summed E-state index contributed by atoms with van der Waals surface area (Å²) in [5.74, 6) is 0. The summed E-state index contributed by atoms with van der Waals surface area (Å²) in [6, 6.07) is 64.7. The lowest BCUT2D eigenvalue weighted by Gasteiger charge is -2.40. The molecule has 0 saturated heterocycles. The first-order chi connectivity index (χ1) is 29.5. The minimum Gasteiger partial charge on any atom is -0.311 e. The number of fused-ring (bicyclic) bond motifs is 4. The third-order valence-electron chi connectivity index (χ3n) is 14.0. The van der Waals surface area contributed by atoms with Crippen molar-refractivity contribution < 1.29 is 0 Å².